The molecule has 0 spiro atoms. The lowest BCUT2D eigenvalue weighted by molar-refractivity contribution is 0.193. The fraction of sp³-hybridized carbons (Fsp3) is 1.00. The topological polar surface area (TPSA) is 21.3 Å². The molecular weight excluding hydrogens is 138 g/mol. The number of hydrogen-bond donors (Lipinski definition) is 1. The summed E-state index contributed by atoms with van der Waals surface area (Å²) in [6.45, 7) is 4.17. The van der Waals surface area contributed by atoms with E-state index in [9.17, 15) is 0 Å². The van der Waals surface area contributed by atoms with Crippen LogP contribution in [0.25, 0.3) is 0 Å². The van der Waals surface area contributed by atoms with E-state index in [4.69, 9.17) is 4.74 Å². The first-order valence-electron chi connectivity index (χ1n) is 4.57. The van der Waals surface area contributed by atoms with Crippen molar-refractivity contribution in [1.29, 1.82) is 0 Å². The smallest absolute Gasteiger partial charge is 0.0587 e. The summed E-state index contributed by atoms with van der Waals surface area (Å²) in [5, 5.41) is 3.51. The van der Waals surface area contributed by atoms with Gasteiger partial charge in [-0.25, -0.2) is 0 Å². The van der Waals surface area contributed by atoms with Gasteiger partial charge in [0.05, 0.1) is 6.61 Å². The SMILES string of the molecule is COCCNC1CCCC1C. The first-order chi connectivity index (χ1) is 5.34. The Morgan fingerprint density at radius 2 is 2.27 bits per heavy atom. The molecule has 2 unspecified atom stereocenters. The van der Waals surface area contributed by atoms with Crippen LogP contribution in [0.3, 0.4) is 0 Å². The van der Waals surface area contributed by atoms with Gasteiger partial charge in [0.2, 0.25) is 0 Å². The third kappa shape index (κ3) is 2.80. The molecule has 0 bridgehead atoms. The Bertz CT molecular complexity index is 106. The van der Waals surface area contributed by atoms with Crippen molar-refractivity contribution in [1.82, 2.24) is 5.32 Å². The van der Waals surface area contributed by atoms with Crippen molar-refractivity contribution < 1.29 is 4.74 Å². The van der Waals surface area contributed by atoms with Gasteiger partial charge in [0.15, 0.2) is 0 Å². The summed E-state index contributed by atoms with van der Waals surface area (Å²) in [7, 11) is 1.75. The van der Waals surface area contributed by atoms with Crippen LogP contribution in [0.2, 0.25) is 0 Å². The zero-order valence-electron chi connectivity index (χ0n) is 7.60. The van der Waals surface area contributed by atoms with E-state index in [0.717, 1.165) is 25.1 Å². The minimum absolute atomic E-state index is 0.755. The van der Waals surface area contributed by atoms with Crippen LogP contribution in [-0.4, -0.2) is 26.3 Å². The van der Waals surface area contributed by atoms with E-state index >= 15 is 0 Å². The number of hydrogen-bond acceptors (Lipinski definition) is 2. The Morgan fingerprint density at radius 3 is 2.82 bits per heavy atom. The van der Waals surface area contributed by atoms with Gasteiger partial charge in [0, 0.05) is 19.7 Å². The number of ether oxygens (including phenoxy) is 1. The molecule has 0 amide bonds. The van der Waals surface area contributed by atoms with E-state index < -0.39 is 0 Å². The largest absolute Gasteiger partial charge is 0.383 e. The molecule has 0 aromatic heterocycles. The second-order valence-corrected chi connectivity index (χ2v) is 3.46. The molecule has 0 radical (unpaired) electrons. The summed E-state index contributed by atoms with van der Waals surface area (Å²) < 4.78 is 4.97. The van der Waals surface area contributed by atoms with E-state index in [1.165, 1.54) is 19.3 Å². The molecule has 0 aromatic carbocycles. The van der Waals surface area contributed by atoms with E-state index in [-0.39, 0.29) is 0 Å². The Hall–Kier alpha value is -0.0800. The highest BCUT2D eigenvalue weighted by molar-refractivity contribution is 4.79. The minimum Gasteiger partial charge on any atom is -0.383 e. The predicted octanol–water partition coefficient (Wildman–Crippen LogP) is 1.41. The Kier molecular flexibility index (Phi) is 3.87. The average molecular weight is 157 g/mol. The second-order valence-electron chi connectivity index (χ2n) is 3.46. The van der Waals surface area contributed by atoms with Gasteiger partial charge in [-0.1, -0.05) is 13.3 Å². The second kappa shape index (κ2) is 4.73. The monoisotopic (exact) mass is 157 g/mol. The lowest BCUT2D eigenvalue weighted by Gasteiger charge is -2.16. The lowest BCUT2D eigenvalue weighted by atomic mass is 10.1. The van der Waals surface area contributed by atoms with E-state index in [1.807, 2.05) is 0 Å². The lowest BCUT2D eigenvalue weighted by Crippen LogP contribution is -2.33. The van der Waals surface area contributed by atoms with E-state index in [2.05, 4.69) is 12.2 Å². The summed E-state index contributed by atoms with van der Waals surface area (Å²) in [6, 6.07) is 0.755. The summed E-state index contributed by atoms with van der Waals surface area (Å²) in [5.74, 6) is 0.867. The minimum atomic E-state index is 0.755. The zero-order chi connectivity index (χ0) is 8.10. The Balaban J connectivity index is 2.05. The molecule has 0 aliphatic heterocycles. The summed E-state index contributed by atoms with van der Waals surface area (Å²) >= 11 is 0. The molecule has 0 aromatic rings. The molecule has 2 nitrogen and oxygen atoms in total. The molecule has 0 heterocycles. The van der Waals surface area contributed by atoms with E-state index in [1.54, 1.807) is 7.11 Å². The van der Waals surface area contributed by atoms with Gasteiger partial charge < -0.3 is 10.1 Å². The van der Waals surface area contributed by atoms with Gasteiger partial charge in [0.1, 0.15) is 0 Å². The maximum atomic E-state index is 4.97. The highest BCUT2D eigenvalue weighted by Gasteiger charge is 2.21. The van der Waals surface area contributed by atoms with Gasteiger partial charge in [-0.2, -0.15) is 0 Å². The van der Waals surface area contributed by atoms with Gasteiger partial charge in [-0.05, 0) is 18.8 Å². The zero-order valence-corrected chi connectivity index (χ0v) is 7.60. The molecule has 2 atom stereocenters. The molecule has 1 fully saturated rings. The van der Waals surface area contributed by atoms with Crippen LogP contribution in [0.15, 0.2) is 0 Å². The van der Waals surface area contributed by atoms with Crippen molar-refractivity contribution in [2.75, 3.05) is 20.3 Å². The van der Waals surface area contributed by atoms with Crippen molar-refractivity contribution in [3.8, 4) is 0 Å². The van der Waals surface area contributed by atoms with Crippen molar-refractivity contribution in [2.45, 2.75) is 32.2 Å². The van der Waals surface area contributed by atoms with Crippen LogP contribution < -0.4 is 5.32 Å². The van der Waals surface area contributed by atoms with Crippen molar-refractivity contribution in [3.63, 3.8) is 0 Å². The average Bonchev–Trinajstić information content (AvgIpc) is 2.37. The molecule has 0 saturated heterocycles. The third-order valence-electron chi connectivity index (χ3n) is 2.57. The molecule has 1 aliphatic carbocycles. The number of rotatable bonds is 4. The van der Waals surface area contributed by atoms with Crippen LogP contribution >= 0.6 is 0 Å². The highest BCUT2D eigenvalue weighted by atomic mass is 16.5. The summed E-state index contributed by atoms with van der Waals surface area (Å²) in [5.41, 5.74) is 0. The molecule has 1 rings (SSSR count). The maximum absolute atomic E-state index is 4.97. The van der Waals surface area contributed by atoms with Crippen molar-refractivity contribution >= 4 is 0 Å². The van der Waals surface area contributed by atoms with Gasteiger partial charge >= 0.3 is 0 Å². The molecular formula is C9H19NO. The molecule has 1 aliphatic rings. The van der Waals surface area contributed by atoms with Crippen LogP contribution in [-0.2, 0) is 4.74 Å². The number of nitrogens with one attached hydrogen (secondary N) is 1. The summed E-state index contributed by atoms with van der Waals surface area (Å²) in [4.78, 5) is 0. The Labute approximate surface area is 69.3 Å². The molecule has 1 N–H and O–H groups in total. The Morgan fingerprint density at radius 1 is 1.45 bits per heavy atom. The quantitative estimate of drug-likeness (QED) is 0.623. The van der Waals surface area contributed by atoms with Gasteiger partial charge in [-0.15, -0.1) is 0 Å². The van der Waals surface area contributed by atoms with Crippen molar-refractivity contribution in [3.05, 3.63) is 0 Å². The van der Waals surface area contributed by atoms with E-state index in [0.29, 0.717) is 0 Å². The van der Waals surface area contributed by atoms with Crippen LogP contribution in [0.4, 0.5) is 0 Å². The summed E-state index contributed by atoms with van der Waals surface area (Å²) in [6.07, 6.45) is 4.14. The predicted molar refractivity (Wildman–Crippen MR) is 46.7 cm³/mol. The fourth-order valence-electron chi connectivity index (χ4n) is 1.80. The van der Waals surface area contributed by atoms with Crippen LogP contribution in [0.5, 0.6) is 0 Å². The van der Waals surface area contributed by atoms with Crippen molar-refractivity contribution in [2.24, 2.45) is 5.92 Å². The van der Waals surface area contributed by atoms with Crippen LogP contribution in [0.1, 0.15) is 26.2 Å². The number of methoxy groups -OCH3 is 1. The van der Waals surface area contributed by atoms with Gasteiger partial charge in [-0.3, -0.25) is 0 Å². The van der Waals surface area contributed by atoms with Gasteiger partial charge in [0.25, 0.3) is 0 Å². The highest BCUT2D eigenvalue weighted by Crippen LogP contribution is 2.24. The molecule has 1 saturated carbocycles. The molecule has 11 heavy (non-hydrogen) atoms. The standard InChI is InChI=1S/C9H19NO/c1-8-4-3-5-9(8)10-6-7-11-2/h8-10H,3-7H2,1-2H3. The third-order valence-corrected chi connectivity index (χ3v) is 2.57. The van der Waals surface area contributed by atoms with Crippen LogP contribution in [0, 0.1) is 5.92 Å². The molecule has 66 valence electrons. The maximum Gasteiger partial charge on any atom is 0.0587 e. The first-order valence-corrected chi connectivity index (χ1v) is 4.57. The fourth-order valence-corrected chi connectivity index (χ4v) is 1.80. The first kappa shape index (κ1) is 9.01. The normalized spacial score (nSPS) is 31.1. The molecule has 2 heteroatoms.